The molecule has 0 bridgehead atoms. The summed E-state index contributed by atoms with van der Waals surface area (Å²) in [5.41, 5.74) is 1.19. The number of hydrogen-bond donors (Lipinski definition) is 1. The number of hydrogen-bond acceptors (Lipinski definition) is 3. The summed E-state index contributed by atoms with van der Waals surface area (Å²) >= 11 is 0. The zero-order valence-corrected chi connectivity index (χ0v) is 5.92. The molecule has 58 valence electrons. The number of allylic oxidation sites excluding steroid dienone is 1. The van der Waals surface area contributed by atoms with E-state index in [2.05, 4.69) is 6.58 Å². The Morgan fingerprint density at radius 1 is 1.50 bits per heavy atom. The van der Waals surface area contributed by atoms with Gasteiger partial charge in [0.05, 0.1) is 0 Å². The maximum atomic E-state index is 10.3. The summed E-state index contributed by atoms with van der Waals surface area (Å²) in [6, 6.07) is -0.189. The second-order valence-corrected chi connectivity index (χ2v) is 2.78. The summed E-state index contributed by atoms with van der Waals surface area (Å²) in [6.07, 6.45) is 3.26. The van der Waals surface area contributed by atoms with Crippen molar-refractivity contribution in [1.82, 2.24) is 5.23 Å². The van der Waals surface area contributed by atoms with Crippen LogP contribution in [0.4, 0.5) is 0 Å². The third-order valence-corrected chi connectivity index (χ3v) is 1.97. The van der Waals surface area contributed by atoms with E-state index in [-0.39, 0.29) is 11.3 Å². The largest absolute Gasteiger partial charge is 0.762 e. The maximum Gasteiger partial charge on any atom is 0.0222 e. The van der Waals surface area contributed by atoms with E-state index < -0.39 is 0 Å². The SMILES string of the molecule is C=C1CCC(N([O-])O)CC1. The molecule has 0 radical (unpaired) electrons. The molecule has 1 N–H and O–H groups in total. The van der Waals surface area contributed by atoms with E-state index >= 15 is 0 Å². The van der Waals surface area contributed by atoms with Crippen LogP contribution >= 0.6 is 0 Å². The lowest BCUT2D eigenvalue weighted by Gasteiger charge is -2.33. The van der Waals surface area contributed by atoms with Crippen molar-refractivity contribution in [3.63, 3.8) is 0 Å². The summed E-state index contributed by atoms with van der Waals surface area (Å²) in [4.78, 5) is 0. The van der Waals surface area contributed by atoms with Gasteiger partial charge in [0.15, 0.2) is 0 Å². The minimum atomic E-state index is -0.189. The quantitative estimate of drug-likeness (QED) is 0.447. The van der Waals surface area contributed by atoms with E-state index in [1.54, 1.807) is 0 Å². The van der Waals surface area contributed by atoms with Crippen LogP contribution in [0.15, 0.2) is 12.2 Å². The third-order valence-electron chi connectivity index (χ3n) is 1.97. The van der Waals surface area contributed by atoms with Gasteiger partial charge in [-0.25, -0.2) is 0 Å². The van der Waals surface area contributed by atoms with Crippen molar-refractivity contribution in [3.8, 4) is 0 Å². The summed E-state index contributed by atoms with van der Waals surface area (Å²) < 4.78 is 0. The van der Waals surface area contributed by atoms with Crippen LogP contribution in [-0.2, 0) is 0 Å². The molecule has 0 unspecified atom stereocenters. The molecule has 0 spiro atoms. The second-order valence-electron chi connectivity index (χ2n) is 2.78. The van der Waals surface area contributed by atoms with Crippen LogP contribution in [0.3, 0.4) is 0 Å². The van der Waals surface area contributed by atoms with E-state index in [1.807, 2.05) is 0 Å². The van der Waals surface area contributed by atoms with Crippen molar-refractivity contribution in [1.29, 1.82) is 0 Å². The first-order valence-corrected chi connectivity index (χ1v) is 3.52. The van der Waals surface area contributed by atoms with Crippen molar-refractivity contribution < 1.29 is 5.21 Å². The van der Waals surface area contributed by atoms with Crippen LogP contribution < -0.4 is 0 Å². The standard InChI is InChI=1S/C7H12NO2/c1-6-2-4-7(5-3-6)8(9)10/h7,9H,1-5H2/q-1. The minimum Gasteiger partial charge on any atom is -0.762 e. The normalized spacial score (nSPS) is 22.1. The Bertz CT molecular complexity index is 124. The van der Waals surface area contributed by atoms with Crippen LogP contribution in [0, 0.1) is 5.21 Å². The molecule has 0 saturated heterocycles. The zero-order valence-electron chi connectivity index (χ0n) is 5.92. The molecule has 0 amide bonds. The molecule has 0 atom stereocenters. The minimum absolute atomic E-state index is 0.0758. The summed E-state index contributed by atoms with van der Waals surface area (Å²) in [6.45, 7) is 3.81. The molecule has 1 fully saturated rings. The van der Waals surface area contributed by atoms with Gasteiger partial charge in [-0.3, -0.25) is 5.23 Å². The van der Waals surface area contributed by atoms with Gasteiger partial charge in [0.2, 0.25) is 0 Å². The van der Waals surface area contributed by atoms with Gasteiger partial charge in [0, 0.05) is 6.04 Å². The lowest BCUT2D eigenvalue weighted by Crippen LogP contribution is -2.29. The fraction of sp³-hybridized carbons (Fsp3) is 0.714. The Morgan fingerprint density at radius 3 is 2.40 bits per heavy atom. The highest BCUT2D eigenvalue weighted by atomic mass is 16.8. The second kappa shape index (κ2) is 3.14. The van der Waals surface area contributed by atoms with Crippen LogP contribution in [-0.4, -0.2) is 16.5 Å². The van der Waals surface area contributed by atoms with E-state index in [0.29, 0.717) is 0 Å². The lowest BCUT2D eigenvalue weighted by molar-refractivity contribution is -0.0856. The Kier molecular flexibility index (Phi) is 2.43. The highest BCUT2D eigenvalue weighted by Crippen LogP contribution is 2.24. The van der Waals surface area contributed by atoms with Gasteiger partial charge >= 0.3 is 0 Å². The molecular weight excluding hydrogens is 130 g/mol. The molecule has 0 aliphatic heterocycles. The fourth-order valence-corrected chi connectivity index (χ4v) is 1.23. The van der Waals surface area contributed by atoms with Gasteiger partial charge in [0.1, 0.15) is 0 Å². The predicted molar refractivity (Wildman–Crippen MR) is 38.4 cm³/mol. The fourth-order valence-electron chi connectivity index (χ4n) is 1.23. The van der Waals surface area contributed by atoms with Crippen molar-refractivity contribution in [2.24, 2.45) is 0 Å². The molecule has 1 rings (SSSR count). The first kappa shape index (κ1) is 7.72. The summed E-state index contributed by atoms with van der Waals surface area (Å²) in [5.74, 6) is 0. The monoisotopic (exact) mass is 142 g/mol. The lowest BCUT2D eigenvalue weighted by atomic mass is 9.92. The number of hydroxylamine groups is 2. The van der Waals surface area contributed by atoms with Gasteiger partial charge in [0.25, 0.3) is 0 Å². The zero-order chi connectivity index (χ0) is 7.56. The van der Waals surface area contributed by atoms with Gasteiger partial charge in [-0.1, -0.05) is 12.2 Å². The predicted octanol–water partition coefficient (Wildman–Crippen LogP) is 1.67. The molecular formula is C7H12NO2-. The molecule has 1 aliphatic carbocycles. The average molecular weight is 142 g/mol. The molecule has 0 aromatic rings. The van der Waals surface area contributed by atoms with Gasteiger partial charge < -0.3 is 10.4 Å². The number of rotatable bonds is 1. The highest BCUT2D eigenvalue weighted by Gasteiger charge is 2.15. The molecule has 0 aromatic carbocycles. The van der Waals surface area contributed by atoms with Gasteiger partial charge in [-0.2, -0.15) is 0 Å². The van der Waals surface area contributed by atoms with Crippen molar-refractivity contribution in [2.75, 3.05) is 0 Å². The van der Waals surface area contributed by atoms with Crippen LogP contribution in [0.1, 0.15) is 25.7 Å². The van der Waals surface area contributed by atoms with E-state index in [9.17, 15) is 5.21 Å². The average Bonchev–Trinajstić information content (AvgIpc) is 1.88. The first-order valence-electron chi connectivity index (χ1n) is 3.52. The highest BCUT2D eigenvalue weighted by molar-refractivity contribution is 4.99. The maximum absolute atomic E-state index is 10.3. The Balaban J connectivity index is 2.33. The van der Waals surface area contributed by atoms with Gasteiger partial charge in [-0.05, 0) is 25.7 Å². The van der Waals surface area contributed by atoms with Crippen LogP contribution in [0.5, 0.6) is 0 Å². The van der Waals surface area contributed by atoms with Crippen molar-refractivity contribution in [2.45, 2.75) is 31.7 Å². The molecule has 1 aliphatic rings. The number of nitrogens with zero attached hydrogens (tertiary/aromatic N) is 1. The van der Waals surface area contributed by atoms with Gasteiger partial charge in [-0.15, -0.1) is 0 Å². The summed E-state index contributed by atoms with van der Waals surface area (Å²) in [7, 11) is 0. The Morgan fingerprint density at radius 2 is 2.00 bits per heavy atom. The van der Waals surface area contributed by atoms with E-state index in [1.165, 1.54) is 5.57 Å². The molecule has 3 nitrogen and oxygen atoms in total. The van der Waals surface area contributed by atoms with Crippen LogP contribution in [0.2, 0.25) is 0 Å². The Hall–Kier alpha value is -0.380. The van der Waals surface area contributed by atoms with E-state index in [0.717, 1.165) is 25.7 Å². The molecule has 3 heteroatoms. The summed E-state index contributed by atoms with van der Waals surface area (Å²) in [5, 5.41) is 18.9. The first-order chi connectivity index (χ1) is 4.70. The molecule has 0 heterocycles. The molecule has 10 heavy (non-hydrogen) atoms. The smallest absolute Gasteiger partial charge is 0.0222 e. The third kappa shape index (κ3) is 1.80. The Labute approximate surface area is 60.5 Å². The van der Waals surface area contributed by atoms with E-state index in [4.69, 9.17) is 5.21 Å². The van der Waals surface area contributed by atoms with Crippen molar-refractivity contribution >= 4 is 0 Å². The van der Waals surface area contributed by atoms with Crippen molar-refractivity contribution in [3.05, 3.63) is 17.4 Å². The molecule has 0 aromatic heterocycles. The van der Waals surface area contributed by atoms with Crippen LogP contribution in [0.25, 0.3) is 0 Å². The molecule has 1 saturated carbocycles. The topological polar surface area (TPSA) is 46.5 Å².